The van der Waals surface area contributed by atoms with Crippen LogP contribution in [0.2, 0.25) is 5.02 Å². The molecule has 1 aliphatic rings. The van der Waals surface area contributed by atoms with Crippen LogP contribution in [-0.2, 0) is 0 Å². The molecule has 2 rings (SSSR count). The quantitative estimate of drug-likeness (QED) is 0.879. The van der Waals surface area contributed by atoms with E-state index in [4.69, 9.17) is 11.6 Å². The Bertz CT molecular complexity index is 438. The van der Waals surface area contributed by atoms with E-state index in [1.54, 1.807) is 0 Å². The van der Waals surface area contributed by atoms with E-state index in [1.807, 2.05) is 12.1 Å². The third-order valence-corrected chi connectivity index (χ3v) is 5.12. The number of anilines is 1. The van der Waals surface area contributed by atoms with Gasteiger partial charge in [0.15, 0.2) is 0 Å². The molecule has 0 amide bonds. The minimum atomic E-state index is 0.187. The van der Waals surface area contributed by atoms with Crippen LogP contribution in [0.4, 0.5) is 5.69 Å². The fourth-order valence-corrected chi connectivity index (χ4v) is 2.76. The Kier molecular flexibility index (Phi) is 4.25. The molecule has 100 valence electrons. The Morgan fingerprint density at radius 1 is 1.56 bits per heavy atom. The van der Waals surface area contributed by atoms with Crippen molar-refractivity contribution in [2.24, 2.45) is 0 Å². The third kappa shape index (κ3) is 2.84. The predicted molar refractivity (Wildman–Crippen MR) is 82.7 cm³/mol. The van der Waals surface area contributed by atoms with Crippen LogP contribution in [0, 0.1) is 0 Å². The van der Waals surface area contributed by atoms with E-state index in [-0.39, 0.29) is 5.54 Å². The highest BCUT2D eigenvalue weighted by molar-refractivity contribution is 9.10. The number of halogens is 2. The highest BCUT2D eigenvalue weighted by atomic mass is 79.9. The first-order chi connectivity index (χ1) is 8.45. The van der Waals surface area contributed by atoms with Crippen LogP contribution < -0.4 is 10.2 Å². The topological polar surface area (TPSA) is 15.3 Å². The van der Waals surface area contributed by atoms with Crippen molar-refractivity contribution < 1.29 is 0 Å². The molecule has 1 aromatic rings. The molecular weight excluding hydrogens is 312 g/mol. The molecule has 1 heterocycles. The molecule has 0 radical (unpaired) electrons. The molecule has 0 saturated carbocycles. The Morgan fingerprint density at radius 3 is 2.89 bits per heavy atom. The molecule has 1 N–H and O–H groups in total. The summed E-state index contributed by atoms with van der Waals surface area (Å²) in [6.45, 7) is 8.79. The second-order valence-corrected chi connectivity index (χ2v) is 6.63. The van der Waals surface area contributed by atoms with E-state index in [0.717, 1.165) is 29.0 Å². The Hall–Kier alpha value is -0.250. The average Bonchev–Trinajstić information content (AvgIpc) is 2.36. The zero-order valence-electron chi connectivity index (χ0n) is 11.1. The summed E-state index contributed by atoms with van der Waals surface area (Å²) in [5, 5.41) is 4.41. The number of nitrogens with zero attached hydrogens (tertiary/aromatic N) is 1. The lowest BCUT2D eigenvalue weighted by Crippen LogP contribution is -2.62. The molecule has 4 heteroatoms. The number of piperazine rings is 1. The smallest absolute Gasteiger partial charge is 0.0568 e. The zero-order valence-corrected chi connectivity index (χ0v) is 13.5. The van der Waals surface area contributed by atoms with Gasteiger partial charge in [-0.3, -0.25) is 0 Å². The van der Waals surface area contributed by atoms with E-state index in [2.05, 4.69) is 53.0 Å². The van der Waals surface area contributed by atoms with Crippen LogP contribution in [0.25, 0.3) is 0 Å². The summed E-state index contributed by atoms with van der Waals surface area (Å²) >= 11 is 9.64. The molecule has 2 atom stereocenters. The molecule has 0 spiro atoms. The fraction of sp³-hybridized carbons (Fsp3) is 0.571. The summed E-state index contributed by atoms with van der Waals surface area (Å²) in [5.41, 5.74) is 1.39. The first-order valence-electron chi connectivity index (χ1n) is 6.42. The van der Waals surface area contributed by atoms with Gasteiger partial charge in [0.1, 0.15) is 0 Å². The van der Waals surface area contributed by atoms with Gasteiger partial charge < -0.3 is 10.2 Å². The molecule has 1 aromatic carbocycles. The number of nitrogens with one attached hydrogen (secondary N) is 1. The summed E-state index contributed by atoms with van der Waals surface area (Å²) in [4.78, 5) is 2.44. The van der Waals surface area contributed by atoms with Gasteiger partial charge in [-0.2, -0.15) is 0 Å². The minimum Gasteiger partial charge on any atom is -0.366 e. The first kappa shape index (κ1) is 14.2. The van der Waals surface area contributed by atoms with Gasteiger partial charge in [-0.15, -0.1) is 0 Å². The van der Waals surface area contributed by atoms with Gasteiger partial charge in [0.05, 0.1) is 5.02 Å². The molecule has 0 aliphatic carbocycles. The van der Waals surface area contributed by atoms with E-state index in [1.165, 1.54) is 5.69 Å². The fourth-order valence-electron chi connectivity index (χ4n) is 2.34. The summed E-state index contributed by atoms with van der Waals surface area (Å²) in [5.74, 6) is 0. The maximum absolute atomic E-state index is 6.20. The standard InChI is InChI=1S/C14H20BrClN2/c1-4-14(3)9-18(10(2)8-17-14)11-5-6-12(15)13(16)7-11/h5-7,10,17H,4,8-9H2,1-3H3. The average molecular weight is 332 g/mol. The summed E-state index contributed by atoms with van der Waals surface area (Å²) < 4.78 is 0.953. The SMILES string of the molecule is CCC1(C)CN(c2ccc(Br)c(Cl)c2)C(C)CN1. The van der Waals surface area contributed by atoms with Crippen molar-refractivity contribution in [3.63, 3.8) is 0 Å². The van der Waals surface area contributed by atoms with Crippen molar-refractivity contribution >= 4 is 33.2 Å². The maximum atomic E-state index is 6.20. The molecule has 0 aromatic heterocycles. The van der Waals surface area contributed by atoms with E-state index in [9.17, 15) is 0 Å². The van der Waals surface area contributed by atoms with Crippen LogP contribution in [0.15, 0.2) is 22.7 Å². The van der Waals surface area contributed by atoms with Crippen LogP contribution >= 0.6 is 27.5 Å². The molecule has 1 saturated heterocycles. The van der Waals surface area contributed by atoms with Gasteiger partial charge in [-0.05, 0) is 54.4 Å². The second kappa shape index (κ2) is 5.40. The normalized spacial score (nSPS) is 28.5. The van der Waals surface area contributed by atoms with Gasteiger partial charge in [0.2, 0.25) is 0 Å². The molecular formula is C14H20BrClN2. The highest BCUT2D eigenvalue weighted by Gasteiger charge is 2.32. The maximum Gasteiger partial charge on any atom is 0.0568 e. The van der Waals surface area contributed by atoms with Crippen molar-refractivity contribution in [3.05, 3.63) is 27.7 Å². The monoisotopic (exact) mass is 330 g/mol. The van der Waals surface area contributed by atoms with Gasteiger partial charge in [-0.25, -0.2) is 0 Å². The number of hydrogen-bond acceptors (Lipinski definition) is 2. The summed E-state index contributed by atoms with van der Waals surface area (Å²) in [6.07, 6.45) is 1.13. The van der Waals surface area contributed by atoms with Crippen molar-refractivity contribution in [2.75, 3.05) is 18.0 Å². The van der Waals surface area contributed by atoms with Crippen LogP contribution in [0.3, 0.4) is 0 Å². The molecule has 0 bridgehead atoms. The summed E-state index contributed by atoms with van der Waals surface area (Å²) in [6, 6.07) is 6.69. The third-order valence-electron chi connectivity index (χ3n) is 3.89. The van der Waals surface area contributed by atoms with E-state index in [0.29, 0.717) is 6.04 Å². The predicted octanol–water partition coefficient (Wildman–Crippen LogP) is 4.07. The molecule has 1 aliphatic heterocycles. The van der Waals surface area contributed by atoms with Crippen molar-refractivity contribution in [3.8, 4) is 0 Å². The number of benzene rings is 1. The van der Waals surface area contributed by atoms with Gasteiger partial charge in [0.25, 0.3) is 0 Å². The zero-order chi connectivity index (χ0) is 13.3. The Labute approximate surface area is 123 Å². The molecule has 2 nitrogen and oxygen atoms in total. The van der Waals surface area contributed by atoms with E-state index >= 15 is 0 Å². The van der Waals surface area contributed by atoms with Gasteiger partial charge in [-0.1, -0.05) is 18.5 Å². The molecule has 2 unspecified atom stereocenters. The first-order valence-corrected chi connectivity index (χ1v) is 7.59. The Balaban J connectivity index is 2.27. The summed E-state index contributed by atoms with van der Waals surface area (Å²) in [7, 11) is 0. The molecule has 18 heavy (non-hydrogen) atoms. The van der Waals surface area contributed by atoms with Gasteiger partial charge in [0, 0.05) is 34.8 Å². The number of hydrogen-bond donors (Lipinski definition) is 1. The lowest BCUT2D eigenvalue weighted by Gasteiger charge is -2.46. The van der Waals surface area contributed by atoms with Crippen LogP contribution in [0.1, 0.15) is 27.2 Å². The van der Waals surface area contributed by atoms with Gasteiger partial charge >= 0.3 is 0 Å². The van der Waals surface area contributed by atoms with E-state index < -0.39 is 0 Å². The van der Waals surface area contributed by atoms with Crippen molar-refractivity contribution in [1.82, 2.24) is 5.32 Å². The lowest BCUT2D eigenvalue weighted by molar-refractivity contribution is 0.285. The Morgan fingerprint density at radius 2 is 2.28 bits per heavy atom. The van der Waals surface area contributed by atoms with Crippen molar-refractivity contribution in [1.29, 1.82) is 0 Å². The largest absolute Gasteiger partial charge is 0.366 e. The van der Waals surface area contributed by atoms with Crippen LogP contribution in [-0.4, -0.2) is 24.7 Å². The number of rotatable bonds is 2. The minimum absolute atomic E-state index is 0.187. The highest BCUT2D eigenvalue weighted by Crippen LogP contribution is 2.31. The van der Waals surface area contributed by atoms with Crippen molar-refractivity contribution in [2.45, 2.75) is 38.8 Å². The second-order valence-electron chi connectivity index (χ2n) is 5.37. The lowest BCUT2D eigenvalue weighted by atomic mass is 9.93. The van der Waals surface area contributed by atoms with Crippen LogP contribution in [0.5, 0.6) is 0 Å². The molecule has 1 fully saturated rings.